The second-order valence-corrected chi connectivity index (χ2v) is 4.54. The number of halogens is 2. The predicted octanol–water partition coefficient (Wildman–Crippen LogP) is 2.05. The predicted molar refractivity (Wildman–Crippen MR) is 69.8 cm³/mol. The Kier molecular flexibility index (Phi) is 4.65. The number of nitrogens with one attached hydrogen (secondary N) is 1. The number of hydrogen-bond acceptors (Lipinski definition) is 2. The molecule has 2 aliphatic rings. The number of rotatable bonds is 0. The summed E-state index contributed by atoms with van der Waals surface area (Å²) >= 11 is 0. The first-order valence-electron chi connectivity index (χ1n) is 5.60. The van der Waals surface area contributed by atoms with Crippen LogP contribution >= 0.6 is 24.8 Å². The van der Waals surface area contributed by atoms with Crippen LogP contribution in [0, 0.1) is 0 Å². The Hall–Kier alpha value is -0.250. The molecule has 1 saturated heterocycles. The second-order valence-electron chi connectivity index (χ2n) is 4.54. The van der Waals surface area contributed by atoms with Crippen LogP contribution in [0.3, 0.4) is 0 Å². The van der Waals surface area contributed by atoms with Gasteiger partial charge in [-0.1, -0.05) is 0 Å². The Morgan fingerprint density at radius 2 is 2.19 bits per heavy atom. The van der Waals surface area contributed by atoms with Crippen LogP contribution in [-0.4, -0.2) is 22.1 Å². The van der Waals surface area contributed by atoms with Crippen LogP contribution in [0.25, 0.3) is 0 Å². The van der Waals surface area contributed by atoms with Crippen molar-refractivity contribution in [3.63, 3.8) is 0 Å². The van der Waals surface area contributed by atoms with Crippen LogP contribution in [0.5, 0.6) is 0 Å². The quantitative estimate of drug-likeness (QED) is 0.777. The minimum atomic E-state index is 0. The molecule has 0 amide bonds. The molecule has 0 radical (unpaired) electrons. The zero-order valence-corrected chi connectivity index (χ0v) is 11.1. The van der Waals surface area contributed by atoms with E-state index in [2.05, 4.69) is 21.9 Å². The summed E-state index contributed by atoms with van der Waals surface area (Å²) in [5, 5.41) is 3.62. The molecule has 2 heterocycles. The van der Waals surface area contributed by atoms with Gasteiger partial charge in [0, 0.05) is 24.7 Å². The molecule has 92 valence electrons. The minimum Gasteiger partial charge on any atom is -0.337 e. The Labute approximate surface area is 109 Å². The van der Waals surface area contributed by atoms with Crippen LogP contribution < -0.4 is 5.32 Å². The Bertz CT molecular complexity index is 351. The van der Waals surface area contributed by atoms with E-state index in [4.69, 9.17) is 0 Å². The molecular formula is C11H19Cl2N3. The van der Waals surface area contributed by atoms with Gasteiger partial charge in [0.05, 0.1) is 12.0 Å². The van der Waals surface area contributed by atoms with E-state index in [1.807, 2.05) is 6.33 Å². The van der Waals surface area contributed by atoms with E-state index in [0.29, 0.717) is 12.0 Å². The molecule has 1 aromatic rings. The lowest BCUT2D eigenvalue weighted by Crippen LogP contribution is -2.42. The first-order valence-corrected chi connectivity index (χ1v) is 5.60. The summed E-state index contributed by atoms with van der Waals surface area (Å²) in [5.41, 5.74) is 2.84. The highest BCUT2D eigenvalue weighted by molar-refractivity contribution is 5.85. The van der Waals surface area contributed by atoms with Gasteiger partial charge in [0.15, 0.2) is 0 Å². The molecule has 5 heteroatoms. The molecule has 1 aromatic heterocycles. The smallest absolute Gasteiger partial charge is 0.0949 e. The third-order valence-electron chi connectivity index (χ3n) is 3.72. The minimum absolute atomic E-state index is 0. The van der Waals surface area contributed by atoms with Gasteiger partial charge in [-0.15, -0.1) is 24.8 Å². The SMILES string of the molecule is Cl.Cl.Cn1cnc2c1CCC1NCCCC21. The third-order valence-corrected chi connectivity index (χ3v) is 3.72. The highest BCUT2D eigenvalue weighted by Crippen LogP contribution is 2.35. The molecule has 16 heavy (non-hydrogen) atoms. The van der Waals surface area contributed by atoms with Gasteiger partial charge in [-0.3, -0.25) is 0 Å². The number of fused-ring (bicyclic) bond motifs is 3. The first kappa shape index (κ1) is 13.8. The van der Waals surface area contributed by atoms with E-state index in [1.165, 1.54) is 43.6 Å². The molecule has 2 unspecified atom stereocenters. The Balaban J connectivity index is 0.000000640. The maximum absolute atomic E-state index is 4.56. The summed E-state index contributed by atoms with van der Waals surface area (Å²) in [7, 11) is 2.11. The largest absolute Gasteiger partial charge is 0.337 e. The topological polar surface area (TPSA) is 29.9 Å². The van der Waals surface area contributed by atoms with Gasteiger partial charge in [-0.2, -0.15) is 0 Å². The van der Waals surface area contributed by atoms with Gasteiger partial charge < -0.3 is 9.88 Å². The molecule has 0 saturated carbocycles. The summed E-state index contributed by atoms with van der Waals surface area (Å²) in [6.45, 7) is 1.20. The number of piperidine rings is 1. The summed E-state index contributed by atoms with van der Waals surface area (Å²) in [4.78, 5) is 4.56. The van der Waals surface area contributed by atoms with Crippen molar-refractivity contribution >= 4 is 24.8 Å². The molecule has 1 aliphatic heterocycles. The number of aromatic nitrogens is 2. The average molecular weight is 264 g/mol. The van der Waals surface area contributed by atoms with Gasteiger partial charge in [-0.25, -0.2) is 4.98 Å². The fourth-order valence-electron chi connectivity index (χ4n) is 2.96. The molecule has 0 aromatic carbocycles. The number of hydrogen-bond donors (Lipinski definition) is 1. The summed E-state index contributed by atoms with van der Waals surface area (Å²) in [6.07, 6.45) is 7.08. The molecule has 2 atom stereocenters. The summed E-state index contributed by atoms with van der Waals surface area (Å²) < 4.78 is 2.19. The van der Waals surface area contributed by atoms with Gasteiger partial charge >= 0.3 is 0 Å². The molecule has 0 spiro atoms. The average Bonchev–Trinajstić information content (AvgIpc) is 2.61. The van der Waals surface area contributed by atoms with Crippen LogP contribution in [0.15, 0.2) is 6.33 Å². The van der Waals surface area contributed by atoms with E-state index in [0.717, 1.165) is 0 Å². The van der Waals surface area contributed by atoms with Crippen LogP contribution in [0.4, 0.5) is 0 Å². The molecule has 3 nitrogen and oxygen atoms in total. The number of imidazole rings is 1. The van der Waals surface area contributed by atoms with Gasteiger partial charge in [0.25, 0.3) is 0 Å². The van der Waals surface area contributed by atoms with Crippen molar-refractivity contribution < 1.29 is 0 Å². The van der Waals surface area contributed by atoms with Crippen LogP contribution in [0.1, 0.15) is 36.6 Å². The van der Waals surface area contributed by atoms with Gasteiger partial charge in [0.1, 0.15) is 0 Å². The summed E-state index contributed by atoms with van der Waals surface area (Å²) in [5.74, 6) is 0.689. The normalized spacial score (nSPS) is 27.1. The molecule has 1 N–H and O–H groups in total. The van der Waals surface area contributed by atoms with Crippen molar-refractivity contribution in [1.82, 2.24) is 14.9 Å². The van der Waals surface area contributed by atoms with Crippen molar-refractivity contribution in [3.05, 3.63) is 17.7 Å². The van der Waals surface area contributed by atoms with E-state index in [1.54, 1.807) is 0 Å². The monoisotopic (exact) mass is 263 g/mol. The Morgan fingerprint density at radius 3 is 3.00 bits per heavy atom. The number of nitrogens with zero attached hydrogens (tertiary/aromatic N) is 2. The van der Waals surface area contributed by atoms with Gasteiger partial charge in [0.2, 0.25) is 0 Å². The first-order chi connectivity index (χ1) is 6.86. The highest BCUT2D eigenvalue weighted by Gasteiger charge is 2.33. The third kappa shape index (κ3) is 2.08. The van der Waals surface area contributed by atoms with Crippen molar-refractivity contribution in [3.8, 4) is 0 Å². The van der Waals surface area contributed by atoms with Crippen molar-refractivity contribution in [2.24, 2.45) is 7.05 Å². The molecule has 1 fully saturated rings. The molecular weight excluding hydrogens is 245 g/mol. The van der Waals surface area contributed by atoms with E-state index < -0.39 is 0 Å². The second kappa shape index (κ2) is 5.39. The van der Waals surface area contributed by atoms with E-state index >= 15 is 0 Å². The zero-order chi connectivity index (χ0) is 9.54. The summed E-state index contributed by atoms with van der Waals surface area (Å²) in [6, 6.07) is 0.700. The van der Waals surface area contributed by atoms with E-state index in [-0.39, 0.29) is 24.8 Å². The molecule has 1 aliphatic carbocycles. The Morgan fingerprint density at radius 1 is 1.38 bits per heavy atom. The fraction of sp³-hybridized carbons (Fsp3) is 0.727. The van der Waals surface area contributed by atoms with E-state index in [9.17, 15) is 0 Å². The van der Waals surface area contributed by atoms with Crippen molar-refractivity contribution in [2.45, 2.75) is 37.6 Å². The lowest BCUT2D eigenvalue weighted by molar-refractivity contribution is 0.312. The fourth-order valence-corrected chi connectivity index (χ4v) is 2.96. The lowest BCUT2D eigenvalue weighted by atomic mass is 9.80. The number of aryl methyl sites for hydroxylation is 1. The van der Waals surface area contributed by atoms with Crippen molar-refractivity contribution in [1.29, 1.82) is 0 Å². The van der Waals surface area contributed by atoms with Crippen LogP contribution in [-0.2, 0) is 13.5 Å². The van der Waals surface area contributed by atoms with Crippen LogP contribution in [0.2, 0.25) is 0 Å². The highest BCUT2D eigenvalue weighted by atomic mass is 35.5. The molecule has 3 rings (SSSR count). The standard InChI is InChI=1S/C11H17N3.2ClH/c1-14-7-13-11-8-3-2-6-12-9(8)4-5-10(11)14;;/h7-9,12H,2-6H2,1H3;2*1H. The maximum atomic E-state index is 4.56. The lowest BCUT2D eigenvalue weighted by Gasteiger charge is -2.35. The van der Waals surface area contributed by atoms with Crippen molar-refractivity contribution in [2.75, 3.05) is 6.54 Å². The molecule has 0 bridgehead atoms. The zero-order valence-electron chi connectivity index (χ0n) is 9.48. The maximum Gasteiger partial charge on any atom is 0.0949 e. The van der Waals surface area contributed by atoms with Gasteiger partial charge in [-0.05, 0) is 32.2 Å².